The summed E-state index contributed by atoms with van der Waals surface area (Å²) >= 11 is 0. The van der Waals surface area contributed by atoms with Gasteiger partial charge in [-0.3, -0.25) is 4.79 Å². The Morgan fingerprint density at radius 2 is 1.96 bits per heavy atom. The maximum Gasteiger partial charge on any atom is 0.261 e. The fraction of sp³-hybridized carbons (Fsp3) is 0.381. The van der Waals surface area contributed by atoms with E-state index in [0.717, 1.165) is 11.3 Å². The third kappa shape index (κ3) is 4.28. The van der Waals surface area contributed by atoms with Crippen LogP contribution in [-0.4, -0.2) is 31.3 Å². The van der Waals surface area contributed by atoms with E-state index in [4.69, 9.17) is 14.2 Å². The number of benzene rings is 2. The van der Waals surface area contributed by atoms with Crippen LogP contribution >= 0.6 is 0 Å². The van der Waals surface area contributed by atoms with Crippen LogP contribution in [0.3, 0.4) is 0 Å². The van der Waals surface area contributed by atoms with Crippen LogP contribution < -0.4 is 19.5 Å². The number of amides is 1. The second-order valence-electron chi connectivity index (χ2n) is 6.50. The van der Waals surface area contributed by atoms with Gasteiger partial charge in [-0.05, 0) is 55.7 Å². The van der Waals surface area contributed by atoms with E-state index in [1.54, 1.807) is 0 Å². The van der Waals surface area contributed by atoms with Crippen molar-refractivity contribution >= 4 is 5.91 Å². The first kappa shape index (κ1) is 18.1. The van der Waals surface area contributed by atoms with Crippen LogP contribution in [0, 0.1) is 13.8 Å². The van der Waals surface area contributed by atoms with Crippen molar-refractivity contribution in [1.82, 2.24) is 5.32 Å². The molecule has 1 aliphatic rings. The van der Waals surface area contributed by atoms with Gasteiger partial charge in [-0.25, -0.2) is 0 Å². The Labute approximate surface area is 154 Å². The first-order chi connectivity index (χ1) is 12.6. The maximum atomic E-state index is 12.5. The summed E-state index contributed by atoms with van der Waals surface area (Å²) in [5, 5.41) is 2.91. The molecule has 26 heavy (non-hydrogen) atoms. The van der Waals surface area contributed by atoms with Crippen LogP contribution in [0.1, 0.15) is 24.5 Å². The van der Waals surface area contributed by atoms with Gasteiger partial charge in [-0.1, -0.05) is 25.1 Å². The molecule has 0 spiro atoms. The van der Waals surface area contributed by atoms with Gasteiger partial charge < -0.3 is 19.5 Å². The molecule has 0 saturated heterocycles. The SMILES string of the molecule is CCC(Oc1ccc(C)c(C)c1)C(=O)NCC1COc2ccccc2O1. The van der Waals surface area contributed by atoms with Crippen LogP contribution in [0.2, 0.25) is 0 Å². The van der Waals surface area contributed by atoms with Crippen molar-refractivity contribution in [3.05, 3.63) is 53.6 Å². The summed E-state index contributed by atoms with van der Waals surface area (Å²) in [4.78, 5) is 12.5. The average Bonchev–Trinajstić information content (AvgIpc) is 2.66. The van der Waals surface area contributed by atoms with Gasteiger partial charge in [0.25, 0.3) is 5.91 Å². The molecule has 2 aromatic carbocycles. The number of carbonyl (C=O) groups excluding carboxylic acids is 1. The molecule has 5 nitrogen and oxygen atoms in total. The number of fused-ring (bicyclic) bond motifs is 1. The second kappa shape index (κ2) is 8.13. The molecule has 0 bridgehead atoms. The van der Waals surface area contributed by atoms with E-state index in [9.17, 15) is 4.79 Å². The minimum atomic E-state index is -0.533. The van der Waals surface area contributed by atoms with Crippen LogP contribution in [0.25, 0.3) is 0 Å². The highest BCUT2D eigenvalue weighted by Gasteiger charge is 2.24. The molecule has 0 aromatic heterocycles. The molecular weight excluding hydrogens is 330 g/mol. The highest BCUT2D eigenvalue weighted by Crippen LogP contribution is 2.30. The zero-order chi connectivity index (χ0) is 18.5. The Hall–Kier alpha value is -2.69. The van der Waals surface area contributed by atoms with Gasteiger partial charge >= 0.3 is 0 Å². The third-order valence-corrected chi connectivity index (χ3v) is 4.49. The van der Waals surface area contributed by atoms with Crippen molar-refractivity contribution in [3.63, 3.8) is 0 Å². The molecule has 3 rings (SSSR count). The zero-order valence-corrected chi connectivity index (χ0v) is 15.5. The van der Waals surface area contributed by atoms with Crippen molar-refractivity contribution in [3.8, 4) is 17.2 Å². The average molecular weight is 355 g/mol. The Bertz CT molecular complexity index is 774. The zero-order valence-electron chi connectivity index (χ0n) is 15.5. The van der Waals surface area contributed by atoms with Gasteiger partial charge in [0.1, 0.15) is 18.5 Å². The fourth-order valence-electron chi connectivity index (χ4n) is 2.77. The Balaban J connectivity index is 1.54. The molecule has 5 heteroatoms. The lowest BCUT2D eigenvalue weighted by atomic mass is 10.1. The lowest BCUT2D eigenvalue weighted by Crippen LogP contribution is -2.45. The van der Waals surface area contributed by atoms with E-state index in [-0.39, 0.29) is 12.0 Å². The van der Waals surface area contributed by atoms with E-state index in [2.05, 4.69) is 5.32 Å². The number of hydrogen-bond acceptors (Lipinski definition) is 4. The second-order valence-corrected chi connectivity index (χ2v) is 6.50. The van der Waals surface area contributed by atoms with E-state index in [0.29, 0.717) is 31.1 Å². The van der Waals surface area contributed by atoms with Crippen LogP contribution in [0.15, 0.2) is 42.5 Å². The summed E-state index contributed by atoms with van der Waals surface area (Å²) in [6.07, 6.45) is -0.161. The van der Waals surface area contributed by atoms with Crippen molar-refractivity contribution in [2.75, 3.05) is 13.2 Å². The van der Waals surface area contributed by atoms with Crippen molar-refractivity contribution in [2.45, 2.75) is 39.4 Å². The maximum absolute atomic E-state index is 12.5. The highest BCUT2D eigenvalue weighted by molar-refractivity contribution is 5.81. The molecule has 0 saturated carbocycles. The number of carbonyl (C=O) groups is 1. The van der Waals surface area contributed by atoms with E-state index >= 15 is 0 Å². The number of aryl methyl sites for hydroxylation is 2. The molecule has 2 unspecified atom stereocenters. The van der Waals surface area contributed by atoms with Gasteiger partial charge in [0, 0.05) is 0 Å². The van der Waals surface area contributed by atoms with Crippen LogP contribution in [0.5, 0.6) is 17.2 Å². The molecule has 0 radical (unpaired) electrons. The highest BCUT2D eigenvalue weighted by atomic mass is 16.6. The van der Waals surface area contributed by atoms with Crippen molar-refractivity contribution in [1.29, 1.82) is 0 Å². The normalized spacial score (nSPS) is 16.7. The summed E-state index contributed by atoms with van der Waals surface area (Å²) in [6.45, 7) is 6.79. The minimum Gasteiger partial charge on any atom is -0.486 e. The molecule has 138 valence electrons. The van der Waals surface area contributed by atoms with Gasteiger partial charge in [0.05, 0.1) is 6.54 Å². The molecule has 1 aliphatic heterocycles. The number of rotatable bonds is 6. The Kier molecular flexibility index (Phi) is 5.66. The van der Waals surface area contributed by atoms with Gasteiger partial charge in [0.15, 0.2) is 17.6 Å². The summed E-state index contributed by atoms with van der Waals surface area (Å²) in [6, 6.07) is 13.4. The smallest absolute Gasteiger partial charge is 0.261 e. The molecular formula is C21H25NO4. The van der Waals surface area contributed by atoms with Crippen molar-refractivity contribution in [2.24, 2.45) is 0 Å². The van der Waals surface area contributed by atoms with Gasteiger partial charge in [-0.2, -0.15) is 0 Å². The third-order valence-electron chi connectivity index (χ3n) is 4.49. The fourth-order valence-corrected chi connectivity index (χ4v) is 2.77. The summed E-state index contributed by atoms with van der Waals surface area (Å²) in [7, 11) is 0. The molecule has 0 fully saturated rings. The minimum absolute atomic E-state index is 0.145. The lowest BCUT2D eigenvalue weighted by molar-refractivity contribution is -0.128. The molecule has 1 amide bonds. The number of nitrogens with one attached hydrogen (secondary N) is 1. The topological polar surface area (TPSA) is 56.8 Å². The Morgan fingerprint density at radius 1 is 1.19 bits per heavy atom. The van der Waals surface area contributed by atoms with Crippen molar-refractivity contribution < 1.29 is 19.0 Å². The number of ether oxygens (including phenoxy) is 3. The van der Waals surface area contributed by atoms with E-state index < -0.39 is 6.10 Å². The summed E-state index contributed by atoms with van der Waals surface area (Å²) in [5.74, 6) is 2.01. The largest absolute Gasteiger partial charge is 0.486 e. The summed E-state index contributed by atoms with van der Waals surface area (Å²) in [5.41, 5.74) is 2.34. The van der Waals surface area contributed by atoms with Crippen LogP contribution in [-0.2, 0) is 4.79 Å². The molecule has 1 heterocycles. The predicted molar refractivity (Wildman–Crippen MR) is 100.0 cm³/mol. The summed E-state index contributed by atoms with van der Waals surface area (Å²) < 4.78 is 17.4. The number of hydrogen-bond donors (Lipinski definition) is 1. The van der Waals surface area contributed by atoms with Crippen LogP contribution in [0.4, 0.5) is 0 Å². The number of para-hydroxylation sites is 2. The van der Waals surface area contributed by atoms with E-state index in [1.165, 1.54) is 5.56 Å². The predicted octanol–water partition coefficient (Wildman–Crippen LogP) is 3.42. The lowest BCUT2D eigenvalue weighted by Gasteiger charge is -2.27. The molecule has 2 atom stereocenters. The van der Waals surface area contributed by atoms with Gasteiger partial charge in [0.2, 0.25) is 0 Å². The van der Waals surface area contributed by atoms with Gasteiger partial charge in [-0.15, -0.1) is 0 Å². The van der Waals surface area contributed by atoms with E-state index in [1.807, 2.05) is 63.2 Å². The molecule has 0 aliphatic carbocycles. The first-order valence-electron chi connectivity index (χ1n) is 8.97. The Morgan fingerprint density at radius 3 is 2.69 bits per heavy atom. The standard InChI is InChI=1S/C21H25NO4/c1-4-18(25-16-10-9-14(2)15(3)11-16)21(23)22-12-17-13-24-19-7-5-6-8-20(19)26-17/h5-11,17-18H,4,12-13H2,1-3H3,(H,22,23). The molecule has 2 aromatic rings. The first-order valence-corrected chi connectivity index (χ1v) is 8.97. The molecule has 1 N–H and O–H groups in total. The quantitative estimate of drug-likeness (QED) is 0.863. The monoisotopic (exact) mass is 355 g/mol.